The standard InChI is InChI=1S/C22H32N8/c1-17-26-18-9-5-6-10-19(18)29(17)16-8-13-24-22(23-2)25-14-12-21-28-27-20-11-4-3-7-15-30(20)21/h5-6,9-10H,3-4,7-8,11-16H2,1-2H3,(H2,23,24,25). The highest BCUT2D eigenvalue weighted by Gasteiger charge is 2.14. The fraction of sp³-hybridized carbons (Fsp3) is 0.545. The van der Waals surface area contributed by atoms with Crippen LogP contribution >= 0.6 is 0 Å². The van der Waals surface area contributed by atoms with Gasteiger partial charge in [0.05, 0.1) is 11.0 Å². The Morgan fingerprint density at radius 2 is 1.97 bits per heavy atom. The average Bonchev–Trinajstić information content (AvgIpc) is 3.19. The molecule has 30 heavy (non-hydrogen) atoms. The van der Waals surface area contributed by atoms with Gasteiger partial charge in [-0.25, -0.2) is 4.98 Å². The minimum atomic E-state index is 0.795. The van der Waals surface area contributed by atoms with Crippen LogP contribution in [0.3, 0.4) is 0 Å². The van der Waals surface area contributed by atoms with Crippen molar-refractivity contribution in [2.45, 2.75) is 58.5 Å². The first-order chi connectivity index (χ1) is 14.8. The van der Waals surface area contributed by atoms with Gasteiger partial charge in [0.1, 0.15) is 17.5 Å². The second kappa shape index (κ2) is 9.73. The van der Waals surface area contributed by atoms with E-state index in [0.717, 1.165) is 74.4 Å². The Morgan fingerprint density at radius 3 is 2.87 bits per heavy atom. The summed E-state index contributed by atoms with van der Waals surface area (Å²) in [5.74, 6) is 4.12. The zero-order valence-electron chi connectivity index (χ0n) is 18.1. The Kier molecular flexibility index (Phi) is 6.61. The Morgan fingerprint density at radius 1 is 1.10 bits per heavy atom. The van der Waals surface area contributed by atoms with Gasteiger partial charge in [0.15, 0.2) is 5.96 Å². The molecule has 0 radical (unpaired) electrons. The molecule has 0 bridgehead atoms. The smallest absolute Gasteiger partial charge is 0.190 e. The van der Waals surface area contributed by atoms with Crippen LogP contribution in [0.1, 0.15) is 43.2 Å². The molecule has 0 saturated heterocycles. The van der Waals surface area contributed by atoms with Gasteiger partial charge in [-0.15, -0.1) is 10.2 Å². The Labute approximate surface area is 177 Å². The van der Waals surface area contributed by atoms with Gasteiger partial charge >= 0.3 is 0 Å². The van der Waals surface area contributed by atoms with E-state index in [4.69, 9.17) is 0 Å². The summed E-state index contributed by atoms with van der Waals surface area (Å²) in [4.78, 5) is 8.98. The van der Waals surface area contributed by atoms with Crippen molar-refractivity contribution in [2.75, 3.05) is 20.1 Å². The first-order valence-electron chi connectivity index (χ1n) is 11.0. The van der Waals surface area contributed by atoms with Gasteiger partial charge in [-0.05, 0) is 38.3 Å². The van der Waals surface area contributed by atoms with Crippen molar-refractivity contribution >= 4 is 17.0 Å². The lowest BCUT2D eigenvalue weighted by atomic mass is 10.2. The number of nitrogens with zero attached hydrogens (tertiary/aromatic N) is 6. The van der Waals surface area contributed by atoms with Crippen molar-refractivity contribution in [1.29, 1.82) is 0 Å². The topological polar surface area (TPSA) is 84.9 Å². The van der Waals surface area contributed by atoms with Gasteiger partial charge in [0.25, 0.3) is 0 Å². The summed E-state index contributed by atoms with van der Waals surface area (Å²) in [6.45, 7) is 5.70. The molecule has 1 aromatic carbocycles. The normalized spacial score (nSPS) is 14.5. The van der Waals surface area contributed by atoms with E-state index >= 15 is 0 Å². The minimum Gasteiger partial charge on any atom is -0.356 e. The molecule has 3 heterocycles. The molecule has 0 fully saturated rings. The van der Waals surface area contributed by atoms with Gasteiger partial charge in [0, 0.05) is 46.1 Å². The lowest BCUT2D eigenvalue weighted by molar-refractivity contribution is 0.598. The van der Waals surface area contributed by atoms with E-state index < -0.39 is 0 Å². The van der Waals surface area contributed by atoms with Crippen molar-refractivity contribution in [1.82, 2.24) is 34.9 Å². The summed E-state index contributed by atoms with van der Waals surface area (Å²) >= 11 is 0. The molecular formula is C22H32N8. The number of para-hydroxylation sites is 2. The number of nitrogens with one attached hydrogen (secondary N) is 2. The van der Waals surface area contributed by atoms with Gasteiger partial charge in [-0.1, -0.05) is 18.6 Å². The zero-order valence-corrected chi connectivity index (χ0v) is 18.1. The number of aryl methyl sites for hydroxylation is 3. The highest BCUT2D eigenvalue weighted by molar-refractivity contribution is 5.79. The molecule has 2 aromatic heterocycles. The molecule has 0 spiro atoms. The number of hydrogen-bond donors (Lipinski definition) is 2. The second-order valence-corrected chi connectivity index (χ2v) is 7.82. The second-order valence-electron chi connectivity index (χ2n) is 7.82. The summed E-state index contributed by atoms with van der Waals surface area (Å²) < 4.78 is 4.59. The summed E-state index contributed by atoms with van der Waals surface area (Å²) in [6, 6.07) is 8.30. The van der Waals surface area contributed by atoms with Crippen molar-refractivity contribution in [3.05, 3.63) is 41.7 Å². The maximum atomic E-state index is 4.64. The average molecular weight is 409 g/mol. The van der Waals surface area contributed by atoms with E-state index in [9.17, 15) is 0 Å². The third kappa shape index (κ3) is 4.63. The van der Waals surface area contributed by atoms with Crippen LogP contribution in [-0.4, -0.2) is 50.4 Å². The van der Waals surface area contributed by atoms with Crippen LogP contribution in [0.5, 0.6) is 0 Å². The first-order valence-corrected chi connectivity index (χ1v) is 11.0. The number of aromatic nitrogens is 5. The molecule has 160 valence electrons. The van der Waals surface area contributed by atoms with E-state index in [1.807, 2.05) is 13.1 Å². The molecule has 0 atom stereocenters. The number of hydrogen-bond acceptors (Lipinski definition) is 4. The van der Waals surface area contributed by atoms with Crippen LogP contribution in [0, 0.1) is 6.92 Å². The summed E-state index contributed by atoms with van der Waals surface area (Å²) in [7, 11) is 1.81. The number of aliphatic imine (C=N–C) groups is 1. The number of rotatable bonds is 7. The summed E-state index contributed by atoms with van der Waals surface area (Å²) in [5, 5.41) is 15.6. The molecule has 1 aliphatic heterocycles. The molecule has 3 aromatic rings. The SMILES string of the molecule is CN=C(NCCCn1c(C)nc2ccccc21)NCCc1nnc2n1CCCCC2. The zero-order chi connectivity index (χ0) is 20.8. The third-order valence-corrected chi connectivity index (χ3v) is 5.75. The molecule has 4 rings (SSSR count). The van der Waals surface area contributed by atoms with Crippen molar-refractivity contribution < 1.29 is 0 Å². The van der Waals surface area contributed by atoms with Crippen LogP contribution in [0.25, 0.3) is 11.0 Å². The number of fused-ring (bicyclic) bond motifs is 2. The molecule has 8 heteroatoms. The van der Waals surface area contributed by atoms with E-state index in [-0.39, 0.29) is 0 Å². The van der Waals surface area contributed by atoms with Gasteiger partial charge in [0.2, 0.25) is 0 Å². The first kappa shape index (κ1) is 20.4. The predicted octanol–water partition coefficient (Wildman–Crippen LogP) is 2.46. The van der Waals surface area contributed by atoms with Crippen LogP contribution in [0.15, 0.2) is 29.3 Å². The largest absolute Gasteiger partial charge is 0.356 e. The minimum absolute atomic E-state index is 0.795. The van der Waals surface area contributed by atoms with Crippen molar-refractivity contribution in [3.63, 3.8) is 0 Å². The molecule has 1 aliphatic rings. The third-order valence-electron chi connectivity index (χ3n) is 5.75. The quantitative estimate of drug-likeness (QED) is 0.356. The van der Waals surface area contributed by atoms with Gasteiger partial charge in [-0.2, -0.15) is 0 Å². The molecule has 0 aliphatic carbocycles. The fourth-order valence-electron chi connectivity index (χ4n) is 4.17. The lowest BCUT2D eigenvalue weighted by Crippen LogP contribution is -2.39. The monoisotopic (exact) mass is 408 g/mol. The highest BCUT2D eigenvalue weighted by Crippen LogP contribution is 2.16. The van der Waals surface area contributed by atoms with Crippen LogP contribution < -0.4 is 10.6 Å². The van der Waals surface area contributed by atoms with Gasteiger partial charge in [-0.3, -0.25) is 4.99 Å². The molecule has 0 unspecified atom stereocenters. The highest BCUT2D eigenvalue weighted by atomic mass is 15.3. The van der Waals surface area contributed by atoms with Crippen molar-refractivity contribution in [3.8, 4) is 0 Å². The van der Waals surface area contributed by atoms with Gasteiger partial charge < -0.3 is 19.8 Å². The van der Waals surface area contributed by atoms with E-state index in [1.54, 1.807) is 0 Å². The maximum Gasteiger partial charge on any atom is 0.190 e. The number of benzene rings is 1. The van der Waals surface area contributed by atoms with Crippen LogP contribution in [-0.2, 0) is 25.9 Å². The maximum absolute atomic E-state index is 4.64. The number of imidazole rings is 1. The molecular weight excluding hydrogens is 376 g/mol. The summed E-state index contributed by atoms with van der Waals surface area (Å²) in [6.07, 6.45) is 6.64. The Bertz CT molecular complexity index is 1000. The Hall–Kier alpha value is -2.90. The molecule has 0 amide bonds. The molecule has 2 N–H and O–H groups in total. The Balaban J connectivity index is 1.22. The predicted molar refractivity (Wildman–Crippen MR) is 120 cm³/mol. The van der Waals surface area contributed by atoms with Crippen LogP contribution in [0.4, 0.5) is 0 Å². The van der Waals surface area contributed by atoms with E-state index in [0.29, 0.717) is 0 Å². The van der Waals surface area contributed by atoms with E-state index in [1.165, 1.54) is 24.8 Å². The fourth-order valence-corrected chi connectivity index (χ4v) is 4.17. The molecule has 0 saturated carbocycles. The lowest BCUT2D eigenvalue weighted by Gasteiger charge is -2.13. The van der Waals surface area contributed by atoms with Crippen LogP contribution in [0.2, 0.25) is 0 Å². The molecule has 8 nitrogen and oxygen atoms in total. The van der Waals surface area contributed by atoms with E-state index in [2.05, 4.69) is 65.1 Å². The number of guanidine groups is 1. The summed E-state index contributed by atoms with van der Waals surface area (Å²) in [5.41, 5.74) is 2.26. The van der Waals surface area contributed by atoms with Crippen molar-refractivity contribution in [2.24, 2.45) is 4.99 Å².